The third-order valence-corrected chi connectivity index (χ3v) is 4.50. The van der Waals surface area contributed by atoms with Crippen LogP contribution in [0.2, 0.25) is 5.02 Å². The van der Waals surface area contributed by atoms with E-state index in [1.54, 1.807) is 23.1 Å². The molecule has 116 valence electrons. The molecule has 1 amide bonds. The molecule has 0 radical (unpaired) electrons. The number of likely N-dealkylation sites (tertiary alicyclic amines) is 1. The van der Waals surface area contributed by atoms with Gasteiger partial charge >= 0.3 is 0 Å². The number of carbonyl (C=O) groups excluding carboxylic acids is 1. The first-order valence-corrected chi connectivity index (χ1v) is 8.85. The van der Waals surface area contributed by atoms with E-state index in [9.17, 15) is 13.2 Å². The van der Waals surface area contributed by atoms with Gasteiger partial charge in [0.05, 0.1) is 16.8 Å². The molecule has 0 aromatic heterocycles. The number of halogens is 1. The van der Waals surface area contributed by atoms with Crippen LogP contribution in [0.4, 0.5) is 5.69 Å². The second-order valence-electron chi connectivity index (χ2n) is 5.16. The molecule has 0 unspecified atom stereocenters. The van der Waals surface area contributed by atoms with Crippen LogP contribution in [-0.2, 0) is 10.0 Å². The van der Waals surface area contributed by atoms with Crippen LogP contribution in [0.3, 0.4) is 0 Å². The second-order valence-corrected chi connectivity index (χ2v) is 7.35. The Morgan fingerprint density at radius 2 is 2.00 bits per heavy atom. The number of nitrogens with zero attached hydrogens (tertiary/aromatic N) is 1. The SMILES string of the molecule is CS(=O)(=O)NC1CCN(C(=O)c2c(N)cccc2Cl)CC1. The summed E-state index contributed by atoms with van der Waals surface area (Å²) in [5, 5.41) is 0.330. The van der Waals surface area contributed by atoms with Gasteiger partial charge in [-0.05, 0) is 25.0 Å². The Labute approximate surface area is 129 Å². The third kappa shape index (κ3) is 4.09. The molecule has 0 bridgehead atoms. The summed E-state index contributed by atoms with van der Waals surface area (Å²) in [5.74, 6) is -0.212. The lowest BCUT2D eigenvalue weighted by atomic mass is 10.0. The molecule has 1 aromatic carbocycles. The van der Waals surface area contributed by atoms with E-state index < -0.39 is 10.0 Å². The maximum atomic E-state index is 12.5. The fraction of sp³-hybridized carbons (Fsp3) is 0.462. The Hall–Kier alpha value is -1.31. The molecule has 3 N–H and O–H groups in total. The van der Waals surface area contributed by atoms with E-state index >= 15 is 0 Å². The zero-order valence-corrected chi connectivity index (χ0v) is 13.2. The van der Waals surface area contributed by atoms with Crippen LogP contribution in [0.5, 0.6) is 0 Å². The highest BCUT2D eigenvalue weighted by atomic mass is 35.5. The molecule has 8 heteroatoms. The number of hydrogen-bond acceptors (Lipinski definition) is 4. The monoisotopic (exact) mass is 331 g/mol. The van der Waals surface area contributed by atoms with Gasteiger partial charge in [0.1, 0.15) is 0 Å². The van der Waals surface area contributed by atoms with Crippen molar-refractivity contribution < 1.29 is 13.2 Å². The number of piperidine rings is 1. The van der Waals surface area contributed by atoms with Crippen LogP contribution in [0.15, 0.2) is 18.2 Å². The minimum Gasteiger partial charge on any atom is -0.398 e. The van der Waals surface area contributed by atoms with Crippen LogP contribution in [0.1, 0.15) is 23.2 Å². The van der Waals surface area contributed by atoms with Crippen molar-refractivity contribution in [3.8, 4) is 0 Å². The summed E-state index contributed by atoms with van der Waals surface area (Å²) in [6.07, 6.45) is 2.28. The summed E-state index contributed by atoms with van der Waals surface area (Å²) in [7, 11) is -3.22. The van der Waals surface area contributed by atoms with Gasteiger partial charge in [0.15, 0.2) is 0 Å². The fourth-order valence-electron chi connectivity index (χ4n) is 2.43. The van der Waals surface area contributed by atoms with E-state index in [1.807, 2.05) is 0 Å². The van der Waals surface area contributed by atoms with Gasteiger partial charge in [-0.2, -0.15) is 0 Å². The average Bonchev–Trinajstić information content (AvgIpc) is 2.37. The zero-order valence-electron chi connectivity index (χ0n) is 11.7. The minimum atomic E-state index is -3.22. The first-order chi connectivity index (χ1) is 9.78. The maximum Gasteiger partial charge on any atom is 0.257 e. The Morgan fingerprint density at radius 1 is 1.38 bits per heavy atom. The highest BCUT2D eigenvalue weighted by molar-refractivity contribution is 7.88. The molecule has 1 fully saturated rings. The van der Waals surface area contributed by atoms with Gasteiger partial charge in [0.2, 0.25) is 10.0 Å². The molecule has 6 nitrogen and oxygen atoms in total. The Bertz CT molecular complexity index is 620. The molecule has 21 heavy (non-hydrogen) atoms. The van der Waals surface area contributed by atoms with Crippen LogP contribution in [-0.4, -0.2) is 44.6 Å². The van der Waals surface area contributed by atoms with Gasteiger partial charge < -0.3 is 10.6 Å². The first-order valence-electron chi connectivity index (χ1n) is 6.58. The molecule has 1 saturated heterocycles. The number of carbonyl (C=O) groups is 1. The highest BCUT2D eigenvalue weighted by Crippen LogP contribution is 2.25. The summed E-state index contributed by atoms with van der Waals surface area (Å²) < 4.78 is 25.0. The number of nitrogen functional groups attached to an aromatic ring is 1. The smallest absolute Gasteiger partial charge is 0.257 e. The number of anilines is 1. The number of benzene rings is 1. The van der Waals surface area contributed by atoms with Crippen LogP contribution >= 0.6 is 11.6 Å². The number of sulfonamides is 1. The lowest BCUT2D eigenvalue weighted by Crippen LogP contribution is -2.46. The highest BCUT2D eigenvalue weighted by Gasteiger charge is 2.27. The topological polar surface area (TPSA) is 92.5 Å². The number of nitrogens with two attached hydrogens (primary N) is 1. The summed E-state index contributed by atoms with van der Waals surface area (Å²) in [4.78, 5) is 14.1. The van der Waals surface area contributed by atoms with Crippen molar-refractivity contribution in [1.29, 1.82) is 0 Å². The summed E-state index contributed by atoms with van der Waals surface area (Å²) >= 11 is 6.04. The third-order valence-electron chi connectivity index (χ3n) is 3.42. The normalized spacial score (nSPS) is 17.0. The minimum absolute atomic E-state index is 0.132. The van der Waals surface area contributed by atoms with Gasteiger partial charge in [0.25, 0.3) is 5.91 Å². The van der Waals surface area contributed by atoms with Gasteiger partial charge in [-0.1, -0.05) is 17.7 Å². The van der Waals surface area contributed by atoms with Crippen LogP contribution in [0, 0.1) is 0 Å². The molecule has 1 aromatic rings. The largest absolute Gasteiger partial charge is 0.398 e. The quantitative estimate of drug-likeness (QED) is 0.810. The number of rotatable bonds is 3. The fourth-order valence-corrected chi connectivity index (χ4v) is 3.53. The van der Waals surface area contributed by atoms with E-state index in [0.29, 0.717) is 42.2 Å². The lowest BCUT2D eigenvalue weighted by molar-refractivity contribution is 0.0712. The van der Waals surface area contributed by atoms with Crippen LogP contribution in [0.25, 0.3) is 0 Å². The van der Waals surface area contributed by atoms with Gasteiger partial charge in [-0.25, -0.2) is 13.1 Å². The predicted octanol–water partition coefficient (Wildman–Crippen LogP) is 1.08. The molecule has 0 atom stereocenters. The summed E-state index contributed by atoms with van der Waals surface area (Å²) in [6.45, 7) is 0.938. The van der Waals surface area contributed by atoms with Crippen molar-refractivity contribution >= 4 is 33.2 Å². The lowest BCUT2D eigenvalue weighted by Gasteiger charge is -2.32. The van der Waals surface area contributed by atoms with Crippen molar-refractivity contribution in [2.75, 3.05) is 25.1 Å². The zero-order chi connectivity index (χ0) is 15.6. The Morgan fingerprint density at radius 3 is 2.52 bits per heavy atom. The molecular weight excluding hydrogens is 314 g/mol. The van der Waals surface area contributed by atoms with E-state index in [0.717, 1.165) is 6.26 Å². The van der Waals surface area contributed by atoms with Crippen molar-refractivity contribution in [2.45, 2.75) is 18.9 Å². The molecule has 1 heterocycles. The molecule has 2 rings (SSSR count). The van der Waals surface area contributed by atoms with E-state index in [1.165, 1.54) is 0 Å². The van der Waals surface area contributed by atoms with Gasteiger partial charge in [-0.3, -0.25) is 4.79 Å². The maximum absolute atomic E-state index is 12.5. The summed E-state index contributed by atoms with van der Waals surface area (Å²) in [5.41, 5.74) is 6.48. The van der Waals surface area contributed by atoms with E-state index in [4.69, 9.17) is 17.3 Å². The van der Waals surface area contributed by atoms with Crippen molar-refractivity contribution in [3.05, 3.63) is 28.8 Å². The Balaban J connectivity index is 2.04. The van der Waals surface area contributed by atoms with Gasteiger partial charge in [0, 0.05) is 24.8 Å². The van der Waals surface area contributed by atoms with E-state index in [-0.39, 0.29) is 11.9 Å². The first kappa shape index (κ1) is 16.1. The molecule has 0 saturated carbocycles. The molecule has 0 spiro atoms. The molecule has 1 aliphatic rings. The Kier molecular flexibility index (Phi) is 4.75. The number of amides is 1. The van der Waals surface area contributed by atoms with Crippen molar-refractivity contribution in [2.24, 2.45) is 0 Å². The molecule has 1 aliphatic heterocycles. The van der Waals surface area contributed by atoms with Crippen LogP contribution < -0.4 is 10.5 Å². The summed E-state index contributed by atoms with van der Waals surface area (Å²) in [6, 6.07) is 4.82. The predicted molar refractivity (Wildman–Crippen MR) is 82.8 cm³/mol. The van der Waals surface area contributed by atoms with Crippen molar-refractivity contribution in [3.63, 3.8) is 0 Å². The molecule has 0 aliphatic carbocycles. The number of hydrogen-bond donors (Lipinski definition) is 2. The molecular formula is C13H18ClN3O3S. The van der Waals surface area contributed by atoms with E-state index in [2.05, 4.69) is 4.72 Å². The van der Waals surface area contributed by atoms with Gasteiger partial charge in [-0.15, -0.1) is 0 Å². The second kappa shape index (κ2) is 6.21. The van der Waals surface area contributed by atoms with Crippen molar-refractivity contribution in [1.82, 2.24) is 9.62 Å². The standard InChI is InChI=1S/C13H18ClN3O3S/c1-21(19,20)16-9-5-7-17(8-6-9)13(18)12-10(14)3-2-4-11(12)15/h2-4,9,16H,5-8,15H2,1H3. The average molecular weight is 332 g/mol. The number of nitrogens with one attached hydrogen (secondary N) is 1.